The summed E-state index contributed by atoms with van der Waals surface area (Å²) in [6.07, 6.45) is 2.12. The van der Waals surface area contributed by atoms with Gasteiger partial charge in [0, 0.05) is 6.08 Å². The van der Waals surface area contributed by atoms with Crippen molar-refractivity contribution in [1.29, 1.82) is 0 Å². The SMILES string of the molecule is CC(C)(C)OC(=O)C(=O)/C=C(\O)c1ccco1.[LiH]. The summed E-state index contributed by atoms with van der Waals surface area (Å²) in [4.78, 5) is 22.7. The number of ketones is 1. The quantitative estimate of drug-likeness (QED) is 0.287. The second kappa shape index (κ2) is 6.48. The first-order valence-corrected chi connectivity index (χ1v) is 5.01. The molecule has 0 unspecified atom stereocenters. The van der Waals surface area contributed by atoms with Gasteiger partial charge in [-0.1, -0.05) is 0 Å². The standard InChI is InChI=1S/C12H14O5.Li.H/c1-12(2,3)17-11(15)9(14)7-8(13)10-5-4-6-16-10;;/h4-7,13H,1-3H3;;/b8-7-;;. The first-order valence-electron chi connectivity index (χ1n) is 5.01. The van der Waals surface area contributed by atoms with Crippen LogP contribution >= 0.6 is 0 Å². The Kier molecular flexibility index (Phi) is 5.96. The van der Waals surface area contributed by atoms with E-state index in [-0.39, 0.29) is 24.6 Å². The van der Waals surface area contributed by atoms with E-state index < -0.39 is 23.1 Å². The first-order chi connectivity index (χ1) is 7.79. The molecule has 0 aromatic carbocycles. The average molecular weight is 246 g/mol. The van der Waals surface area contributed by atoms with Crippen molar-refractivity contribution in [2.45, 2.75) is 26.4 Å². The van der Waals surface area contributed by atoms with Crippen molar-refractivity contribution in [1.82, 2.24) is 0 Å². The minimum absolute atomic E-state index is 0. The molecule has 0 aliphatic rings. The molecule has 0 aliphatic carbocycles. The van der Waals surface area contributed by atoms with Crippen LogP contribution in [0.2, 0.25) is 0 Å². The van der Waals surface area contributed by atoms with Crippen molar-refractivity contribution in [2.75, 3.05) is 0 Å². The number of aliphatic hydroxyl groups excluding tert-OH is 1. The molecule has 0 spiro atoms. The Labute approximate surface area is 117 Å². The second-order valence-electron chi connectivity index (χ2n) is 4.37. The molecule has 1 heterocycles. The molecule has 0 atom stereocenters. The molecule has 0 radical (unpaired) electrons. The van der Waals surface area contributed by atoms with E-state index in [9.17, 15) is 14.7 Å². The van der Waals surface area contributed by atoms with Crippen molar-refractivity contribution in [3.8, 4) is 0 Å². The molecule has 6 heteroatoms. The fourth-order valence-corrected chi connectivity index (χ4v) is 1.01. The minimum atomic E-state index is -1.02. The maximum absolute atomic E-state index is 11.4. The van der Waals surface area contributed by atoms with E-state index >= 15 is 0 Å². The third-order valence-corrected chi connectivity index (χ3v) is 1.64. The van der Waals surface area contributed by atoms with E-state index in [1.807, 2.05) is 0 Å². The van der Waals surface area contributed by atoms with Gasteiger partial charge in [0.25, 0.3) is 5.78 Å². The zero-order valence-corrected chi connectivity index (χ0v) is 9.89. The Morgan fingerprint density at radius 1 is 1.39 bits per heavy atom. The first kappa shape index (κ1) is 16.6. The number of carbonyl (C=O) groups excluding carboxylic acids is 2. The van der Waals surface area contributed by atoms with E-state index in [0.717, 1.165) is 6.08 Å². The van der Waals surface area contributed by atoms with Crippen LogP contribution in [0.1, 0.15) is 26.5 Å². The van der Waals surface area contributed by atoms with Crippen LogP contribution in [-0.4, -0.2) is 41.3 Å². The van der Waals surface area contributed by atoms with E-state index in [1.54, 1.807) is 26.8 Å². The summed E-state index contributed by atoms with van der Waals surface area (Å²) in [5.74, 6) is -2.25. The van der Waals surface area contributed by atoms with Gasteiger partial charge < -0.3 is 14.3 Å². The molecule has 5 nitrogen and oxygen atoms in total. The van der Waals surface area contributed by atoms with Crippen molar-refractivity contribution in [3.63, 3.8) is 0 Å². The fourth-order valence-electron chi connectivity index (χ4n) is 1.01. The Hall–Kier alpha value is -1.44. The van der Waals surface area contributed by atoms with Gasteiger partial charge in [0.2, 0.25) is 0 Å². The molecule has 1 aromatic rings. The van der Waals surface area contributed by atoms with Crippen LogP contribution < -0.4 is 0 Å². The number of esters is 1. The van der Waals surface area contributed by atoms with Gasteiger partial charge in [-0.25, -0.2) is 4.79 Å². The summed E-state index contributed by atoms with van der Waals surface area (Å²) in [5, 5.41) is 9.47. The molecule has 1 aromatic heterocycles. The van der Waals surface area contributed by atoms with Gasteiger partial charge >= 0.3 is 24.8 Å². The molecule has 18 heavy (non-hydrogen) atoms. The molecule has 0 fully saturated rings. The monoisotopic (exact) mass is 246 g/mol. The van der Waals surface area contributed by atoms with Gasteiger partial charge in [0.15, 0.2) is 11.5 Å². The summed E-state index contributed by atoms with van der Waals surface area (Å²) in [6.45, 7) is 4.94. The van der Waals surface area contributed by atoms with Crippen LogP contribution in [0.3, 0.4) is 0 Å². The van der Waals surface area contributed by atoms with Crippen molar-refractivity contribution < 1.29 is 23.8 Å². The van der Waals surface area contributed by atoms with Gasteiger partial charge in [-0.2, -0.15) is 0 Å². The zero-order chi connectivity index (χ0) is 13.1. The molecular weight excluding hydrogens is 231 g/mol. The Morgan fingerprint density at radius 3 is 2.44 bits per heavy atom. The zero-order valence-electron chi connectivity index (χ0n) is 9.89. The van der Waals surface area contributed by atoms with Crippen LogP contribution in [0.4, 0.5) is 0 Å². The summed E-state index contributed by atoms with van der Waals surface area (Å²) in [7, 11) is 0. The normalized spacial score (nSPS) is 11.6. The number of rotatable bonds is 3. The van der Waals surface area contributed by atoms with Crippen molar-refractivity contribution in [3.05, 3.63) is 30.2 Å². The number of ether oxygens (including phenoxy) is 1. The van der Waals surface area contributed by atoms with Crippen LogP contribution in [0.25, 0.3) is 5.76 Å². The topological polar surface area (TPSA) is 76.7 Å². The second-order valence-corrected chi connectivity index (χ2v) is 4.37. The summed E-state index contributed by atoms with van der Waals surface area (Å²) >= 11 is 0. The Morgan fingerprint density at radius 2 is 2.00 bits per heavy atom. The third-order valence-electron chi connectivity index (χ3n) is 1.64. The van der Waals surface area contributed by atoms with E-state index in [4.69, 9.17) is 9.15 Å². The molecule has 0 bridgehead atoms. The van der Waals surface area contributed by atoms with E-state index in [1.165, 1.54) is 12.3 Å². The summed E-state index contributed by atoms with van der Waals surface area (Å²) < 4.78 is 9.70. The third kappa shape index (κ3) is 5.26. The summed E-state index contributed by atoms with van der Waals surface area (Å²) in [5.41, 5.74) is -0.749. The fraction of sp³-hybridized carbons (Fsp3) is 0.333. The van der Waals surface area contributed by atoms with E-state index in [0.29, 0.717) is 0 Å². The van der Waals surface area contributed by atoms with Crippen molar-refractivity contribution >= 4 is 36.4 Å². The molecule has 0 saturated carbocycles. The van der Waals surface area contributed by atoms with Gasteiger partial charge in [-0.3, -0.25) is 4.79 Å². The molecule has 0 amide bonds. The number of furan rings is 1. The molecule has 0 saturated heterocycles. The Bertz CT molecular complexity index is 440. The van der Waals surface area contributed by atoms with Gasteiger partial charge in [-0.05, 0) is 32.9 Å². The number of carbonyl (C=O) groups is 2. The maximum atomic E-state index is 11.4. The van der Waals surface area contributed by atoms with Gasteiger partial charge in [-0.15, -0.1) is 0 Å². The van der Waals surface area contributed by atoms with Crippen molar-refractivity contribution in [2.24, 2.45) is 0 Å². The predicted octanol–water partition coefficient (Wildman–Crippen LogP) is 1.44. The molecular formula is C12H15LiO5. The number of hydrogen-bond donors (Lipinski definition) is 1. The molecule has 94 valence electrons. The van der Waals surface area contributed by atoms with Gasteiger partial charge in [0.1, 0.15) is 5.60 Å². The molecule has 1 N–H and O–H groups in total. The summed E-state index contributed by atoms with van der Waals surface area (Å²) in [6, 6.07) is 3.02. The average Bonchev–Trinajstić information content (AvgIpc) is 2.67. The number of aliphatic hydroxyl groups is 1. The molecule has 0 aliphatic heterocycles. The molecule has 1 rings (SSSR count). The van der Waals surface area contributed by atoms with E-state index in [2.05, 4.69) is 0 Å². The van der Waals surface area contributed by atoms with Crippen LogP contribution in [0, 0.1) is 0 Å². The Balaban J connectivity index is 0.00000289. The van der Waals surface area contributed by atoms with Gasteiger partial charge in [0.05, 0.1) is 6.26 Å². The van der Waals surface area contributed by atoms with Crippen LogP contribution in [-0.2, 0) is 14.3 Å². The van der Waals surface area contributed by atoms with Crippen LogP contribution in [0.15, 0.2) is 28.9 Å². The predicted molar refractivity (Wildman–Crippen MR) is 67.3 cm³/mol. The van der Waals surface area contributed by atoms with Crippen LogP contribution in [0.5, 0.6) is 0 Å². The number of hydrogen-bond acceptors (Lipinski definition) is 5.